The van der Waals surface area contributed by atoms with Crippen molar-refractivity contribution in [2.24, 2.45) is 0 Å². The highest BCUT2D eigenvalue weighted by atomic mass is 16.4. The summed E-state index contributed by atoms with van der Waals surface area (Å²) in [6.45, 7) is 0. The maximum Gasteiger partial charge on any atom is 0.326 e. The Morgan fingerprint density at radius 3 is 2.93 bits per heavy atom. The molecule has 0 radical (unpaired) electrons. The van der Waals surface area contributed by atoms with Crippen LogP contribution in [-0.2, 0) is 11.2 Å². The molecule has 0 spiro atoms. The van der Waals surface area contributed by atoms with E-state index in [9.17, 15) is 4.79 Å². The van der Waals surface area contributed by atoms with Crippen LogP contribution in [0.2, 0.25) is 0 Å². The fourth-order valence-electron chi connectivity index (χ4n) is 2.01. The molecule has 0 aliphatic carbocycles. The minimum Gasteiger partial charge on any atom is -0.480 e. The van der Waals surface area contributed by atoms with Gasteiger partial charge < -0.3 is 10.0 Å². The second kappa shape index (κ2) is 3.33. The zero-order chi connectivity index (χ0) is 10.1. The van der Waals surface area contributed by atoms with Gasteiger partial charge in [-0.25, -0.2) is 4.79 Å². The molecule has 0 fully saturated rings. The van der Waals surface area contributed by atoms with Gasteiger partial charge in [-0.05, 0) is 24.5 Å². The molecule has 0 aromatic heterocycles. The first-order valence-electron chi connectivity index (χ1n) is 4.73. The maximum atomic E-state index is 10.9. The first-order chi connectivity index (χ1) is 6.70. The van der Waals surface area contributed by atoms with Crippen molar-refractivity contribution < 1.29 is 9.90 Å². The van der Waals surface area contributed by atoms with Gasteiger partial charge in [-0.3, -0.25) is 0 Å². The van der Waals surface area contributed by atoms with E-state index in [4.69, 9.17) is 5.11 Å². The largest absolute Gasteiger partial charge is 0.480 e. The number of hydrogen-bond acceptors (Lipinski definition) is 2. The summed E-state index contributed by atoms with van der Waals surface area (Å²) in [6, 6.07) is 7.60. The molecule has 1 N–H and O–H groups in total. The lowest BCUT2D eigenvalue weighted by Crippen LogP contribution is -2.41. The lowest BCUT2D eigenvalue weighted by Gasteiger charge is -2.33. The Balaban J connectivity index is 2.36. The van der Waals surface area contributed by atoms with Crippen molar-refractivity contribution in [3.63, 3.8) is 0 Å². The normalized spacial score (nSPS) is 20.4. The number of anilines is 1. The standard InChI is InChI=1S/C11H13NO2/c1-12-9-5-3-2-4-8(9)6-7-10(12)11(13)14/h2-5,10H,6-7H2,1H3,(H,13,14)/t10-/m1/s1. The molecule has 0 bridgehead atoms. The Kier molecular flexibility index (Phi) is 2.15. The topological polar surface area (TPSA) is 40.5 Å². The number of aryl methyl sites for hydroxylation is 1. The number of fused-ring (bicyclic) bond motifs is 1. The van der Waals surface area contributed by atoms with Gasteiger partial charge in [0.1, 0.15) is 6.04 Å². The second-order valence-electron chi connectivity index (χ2n) is 3.63. The summed E-state index contributed by atoms with van der Waals surface area (Å²) in [5, 5.41) is 8.99. The predicted molar refractivity (Wildman–Crippen MR) is 54.6 cm³/mol. The van der Waals surface area contributed by atoms with Gasteiger partial charge in [-0.15, -0.1) is 0 Å². The van der Waals surface area contributed by atoms with E-state index in [1.54, 1.807) is 0 Å². The van der Waals surface area contributed by atoms with E-state index in [1.165, 1.54) is 5.56 Å². The Hall–Kier alpha value is -1.51. The van der Waals surface area contributed by atoms with Crippen molar-refractivity contribution in [1.82, 2.24) is 0 Å². The molecule has 14 heavy (non-hydrogen) atoms. The molecule has 1 aromatic rings. The maximum absolute atomic E-state index is 10.9. The van der Waals surface area contributed by atoms with Gasteiger partial charge in [-0.1, -0.05) is 18.2 Å². The van der Waals surface area contributed by atoms with Crippen LogP contribution in [-0.4, -0.2) is 24.2 Å². The van der Waals surface area contributed by atoms with Crippen LogP contribution < -0.4 is 4.90 Å². The van der Waals surface area contributed by atoms with Crippen LogP contribution in [0.4, 0.5) is 5.69 Å². The minimum absolute atomic E-state index is 0.370. The van der Waals surface area contributed by atoms with Gasteiger partial charge >= 0.3 is 5.97 Å². The highest BCUT2D eigenvalue weighted by Gasteiger charge is 2.28. The summed E-state index contributed by atoms with van der Waals surface area (Å²) in [5.74, 6) is -0.734. The summed E-state index contributed by atoms with van der Waals surface area (Å²) in [4.78, 5) is 12.8. The van der Waals surface area contributed by atoms with Gasteiger partial charge in [-0.2, -0.15) is 0 Å². The number of hydrogen-bond donors (Lipinski definition) is 1. The van der Waals surface area contributed by atoms with E-state index in [2.05, 4.69) is 6.07 Å². The summed E-state index contributed by atoms with van der Waals surface area (Å²) in [6.07, 6.45) is 1.56. The SMILES string of the molecule is CN1c2ccccc2CC[C@@H]1C(=O)O. The third-order valence-corrected chi connectivity index (χ3v) is 2.81. The number of likely N-dealkylation sites (N-methyl/N-ethyl adjacent to an activating group) is 1. The number of aliphatic carboxylic acids is 1. The molecule has 3 nitrogen and oxygen atoms in total. The number of para-hydroxylation sites is 1. The molecule has 1 aliphatic rings. The fourth-order valence-corrected chi connectivity index (χ4v) is 2.01. The van der Waals surface area contributed by atoms with Crippen molar-refractivity contribution in [1.29, 1.82) is 0 Å². The van der Waals surface area contributed by atoms with Crippen LogP contribution in [0.3, 0.4) is 0 Å². The number of carboxylic acids is 1. The van der Waals surface area contributed by atoms with Crippen molar-refractivity contribution in [2.75, 3.05) is 11.9 Å². The Morgan fingerprint density at radius 2 is 2.21 bits per heavy atom. The molecule has 1 aromatic carbocycles. The number of nitrogens with zero attached hydrogens (tertiary/aromatic N) is 1. The quantitative estimate of drug-likeness (QED) is 0.731. The van der Waals surface area contributed by atoms with Crippen LogP contribution in [0.5, 0.6) is 0 Å². The van der Waals surface area contributed by atoms with Gasteiger partial charge in [0.25, 0.3) is 0 Å². The van der Waals surface area contributed by atoms with Crippen molar-refractivity contribution in [3.8, 4) is 0 Å². The van der Waals surface area contributed by atoms with E-state index in [0.717, 1.165) is 12.1 Å². The summed E-state index contributed by atoms with van der Waals surface area (Å²) in [5.41, 5.74) is 2.29. The average molecular weight is 191 g/mol. The van der Waals surface area contributed by atoms with Crippen LogP contribution in [0, 0.1) is 0 Å². The zero-order valence-electron chi connectivity index (χ0n) is 8.10. The predicted octanol–water partition coefficient (Wildman–Crippen LogP) is 1.52. The van der Waals surface area contributed by atoms with Gasteiger partial charge in [0, 0.05) is 12.7 Å². The molecule has 1 atom stereocenters. The summed E-state index contributed by atoms with van der Waals surface area (Å²) >= 11 is 0. The first kappa shape index (κ1) is 9.06. The smallest absolute Gasteiger partial charge is 0.326 e. The van der Waals surface area contributed by atoms with Crippen LogP contribution in [0.25, 0.3) is 0 Å². The van der Waals surface area contributed by atoms with Crippen LogP contribution in [0.1, 0.15) is 12.0 Å². The molecule has 2 rings (SSSR count). The highest BCUT2D eigenvalue weighted by Crippen LogP contribution is 2.28. The van der Waals surface area contributed by atoms with Gasteiger partial charge in [0.05, 0.1) is 0 Å². The van der Waals surface area contributed by atoms with Crippen molar-refractivity contribution in [3.05, 3.63) is 29.8 Å². The summed E-state index contributed by atoms with van der Waals surface area (Å²) in [7, 11) is 1.84. The number of rotatable bonds is 1. The molecule has 0 saturated carbocycles. The number of benzene rings is 1. The van der Waals surface area contributed by atoms with E-state index in [0.29, 0.717) is 6.42 Å². The van der Waals surface area contributed by atoms with Gasteiger partial charge in [0.2, 0.25) is 0 Å². The summed E-state index contributed by atoms with van der Waals surface area (Å²) < 4.78 is 0. The Bertz CT molecular complexity index is 362. The van der Waals surface area contributed by atoms with E-state index >= 15 is 0 Å². The molecule has 1 heterocycles. The van der Waals surface area contributed by atoms with Crippen molar-refractivity contribution in [2.45, 2.75) is 18.9 Å². The second-order valence-corrected chi connectivity index (χ2v) is 3.63. The molecular weight excluding hydrogens is 178 g/mol. The lowest BCUT2D eigenvalue weighted by atomic mass is 9.96. The van der Waals surface area contributed by atoms with E-state index in [-0.39, 0.29) is 6.04 Å². The lowest BCUT2D eigenvalue weighted by molar-refractivity contribution is -0.138. The monoisotopic (exact) mass is 191 g/mol. The Labute approximate surface area is 83.0 Å². The molecule has 3 heteroatoms. The van der Waals surface area contributed by atoms with Gasteiger partial charge in [0.15, 0.2) is 0 Å². The number of carbonyl (C=O) groups is 1. The van der Waals surface area contributed by atoms with E-state index < -0.39 is 5.97 Å². The first-order valence-corrected chi connectivity index (χ1v) is 4.73. The fraction of sp³-hybridized carbons (Fsp3) is 0.364. The minimum atomic E-state index is -0.734. The molecule has 0 amide bonds. The third-order valence-electron chi connectivity index (χ3n) is 2.81. The molecular formula is C11H13NO2. The third kappa shape index (κ3) is 1.35. The number of carboxylic acid groups (broad SMARTS) is 1. The molecule has 74 valence electrons. The van der Waals surface area contributed by atoms with Crippen LogP contribution in [0.15, 0.2) is 24.3 Å². The zero-order valence-corrected chi connectivity index (χ0v) is 8.10. The molecule has 0 saturated heterocycles. The Morgan fingerprint density at radius 1 is 1.50 bits per heavy atom. The van der Waals surface area contributed by atoms with Crippen LogP contribution >= 0.6 is 0 Å². The average Bonchev–Trinajstić information content (AvgIpc) is 2.18. The van der Waals surface area contributed by atoms with Crippen molar-refractivity contribution >= 4 is 11.7 Å². The van der Waals surface area contributed by atoms with E-state index in [1.807, 2.05) is 30.1 Å². The molecule has 1 aliphatic heterocycles. The highest BCUT2D eigenvalue weighted by molar-refractivity contribution is 5.79. The molecule has 0 unspecified atom stereocenters.